The van der Waals surface area contributed by atoms with Crippen LogP contribution in [0.2, 0.25) is 0 Å². The third-order valence-corrected chi connectivity index (χ3v) is 3.88. The summed E-state index contributed by atoms with van der Waals surface area (Å²) in [6.45, 7) is 12.6. The Morgan fingerprint density at radius 3 is 2.62 bits per heavy atom. The van der Waals surface area contributed by atoms with Crippen LogP contribution < -0.4 is 10.6 Å². The van der Waals surface area contributed by atoms with E-state index in [0.717, 1.165) is 18.3 Å². The van der Waals surface area contributed by atoms with Crippen molar-refractivity contribution in [2.45, 2.75) is 53.5 Å². The van der Waals surface area contributed by atoms with E-state index in [-0.39, 0.29) is 29.9 Å². The number of benzene rings is 1. The molecular formula is C19H30IN5O. The maximum absolute atomic E-state index is 5.26. The Morgan fingerprint density at radius 2 is 2.00 bits per heavy atom. The lowest BCUT2D eigenvalue weighted by Crippen LogP contribution is -2.38. The van der Waals surface area contributed by atoms with E-state index < -0.39 is 0 Å². The number of guanidine groups is 1. The van der Waals surface area contributed by atoms with E-state index in [1.807, 2.05) is 0 Å². The molecule has 0 bridgehead atoms. The first-order valence-electron chi connectivity index (χ1n) is 8.90. The first kappa shape index (κ1) is 22.4. The maximum atomic E-state index is 5.26. The molecule has 0 aliphatic carbocycles. The normalized spacial score (nSPS) is 11.4. The number of nitrogens with one attached hydrogen (secondary N) is 2. The summed E-state index contributed by atoms with van der Waals surface area (Å²) in [5.74, 6) is 2.49. The van der Waals surface area contributed by atoms with Crippen LogP contribution in [0.4, 0.5) is 0 Å². The first-order chi connectivity index (χ1) is 12.0. The molecule has 26 heavy (non-hydrogen) atoms. The molecule has 2 aromatic rings. The highest BCUT2D eigenvalue weighted by Gasteiger charge is 2.09. The van der Waals surface area contributed by atoms with Crippen molar-refractivity contribution in [3.63, 3.8) is 0 Å². The Balaban J connectivity index is 0.00000338. The van der Waals surface area contributed by atoms with Crippen LogP contribution in [0.25, 0.3) is 0 Å². The summed E-state index contributed by atoms with van der Waals surface area (Å²) in [6, 6.07) is 6.46. The van der Waals surface area contributed by atoms with Crippen LogP contribution in [0.15, 0.2) is 27.7 Å². The van der Waals surface area contributed by atoms with E-state index in [0.29, 0.717) is 25.4 Å². The van der Waals surface area contributed by atoms with Crippen molar-refractivity contribution in [1.82, 2.24) is 20.8 Å². The average Bonchev–Trinajstić information content (AvgIpc) is 3.03. The molecule has 1 aromatic carbocycles. The molecule has 1 aromatic heterocycles. The monoisotopic (exact) mass is 471 g/mol. The zero-order valence-electron chi connectivity index (χ0n) is 16.3. The predicted octanol–water partition coefficient (Wildman–Crippen LogP) is 3.73. The van der Waals surface area contributed by atoms with Gasteiger partial charge in [-0.25, -0.2) is 4.99 Å². The number of hydrogen-bond donors (Lipinski definition) is 2. The lowest BCUT2D eigenvalue weighted by atomic mass is 10.1. The Bertz CT molecular complexity index is 712. The van der Waals surface area contributed by atoms with Crippen LogP contribution >= 0.6 is 24.0 Å². The maximum Gasteiger partial charge on any atom is 0.228 e. The quantitative estimate of drug-likeness (QED) is 0.366. The first-order valence-corrected chi connectivity index (χ1v) is 8.90. The molecule has 2 rings (SSSR count). The molecule has 0 saturated heterocycles. The lowest BCUT2D eigenvalue weighted by molar-refractivity contribution is 0.371. The molecule has 0 atom stereocenters. The second kappa shape index (κ2) is 11.2. The minimum atomic E-state index is 0. The fraction of sp³-hybridized carbons (Fsp3) is 0.526. The highest BCUT2D eigenvalue weighted by atomic mass is 127. The van der Waals surface area contributed by atoms with Crippen molar-refractivity contribution in [1.29, 1.82) is 0 Å². The van der Waals surface area contributed by atoms with E-state index in [1.165, 1.54) is 16.7 Å². The summed E-state index contributed by atoms with van der Waals surface area (Å²) in [5.41, 5.74) is 3.78. The summed E-state index contributed by atoms with van der Waals surface area (Å²) in [6.07, 6.45) is 0.674. The highest BCUT2D eigenvalue weighted by Crippen LogP contribution is 2.11. The number of hydrogen-bond acceptors (Lipinski definition) is 4. The molecule has 1 heterocycles. The lowest BCUT2D eigenvalue weighted by Gasteiger charge is -2.11. The third-order valence-electron chi connectivity index (χ3n) is 3.88. The SMILES string of the molecule is CCNC(=NCc1ccc(C)cc1C)NCCc1nc(C(C)C)no1.I. The van der Waals surface area contributed by atoms with Gasteiger partial charge in [0.1, 0.15) is 0 Å². The fourth-order valence-corrected chi connectivity index (χ4v) is 2.42. The standard InChI is InChI=1S/C19H29N5O.HI/c1-6-20-19(22-12-16-8-7-14(4)11-15(16)5)21-10-9-17-23-18(13(2)3)24-25-17;/h7-8,11,13H,6,9-10,12H2,1-5H3,(H2,20,21,22);1H. The van der Waals surface area contributed by atoms with Gasteiger partial charge in [0.2, 0.25) is 5.89 Å². The molecule has 0 amide bonds. The highest BCUT2D eigenvalue weighted by molar-refractivity contribution is 14.0. The minimum Gasteiger partial charge on any atom is -0.357 e. The van der Waals surface area contributed by atoms with Crippen LogP contribution in [0.5, 0.6) is 0 Å². The Hall–Kier alpha value is -1.64. The van der Waals surface area contributed by atoms with Gasteiger partial charge in [0.15, 0.2) is 11.8 Å². The molecule has 0 aliphatic heterocycles. The summed E-state index contributed by atoms with van der Waals surface area (Å²) < 4.78 is 5.26. The molecule has 7 heteroatoms. The Morgan fingerprint density at radius 1 is 1.23 bits per heavy atom. The van der Waals surface area contributed by atoms with Gasteiger partial charge in [-0.3, -0.25) is 0 Å². The van der Waals surface area contributed by atoms with E-state index in [2.05, 4.69) is 78.6 Å². The van der Waals surface area contributed by atoms with Crippen molar-refractivity contribution in [2.75, 3.05) is 13.1 Å². The molecule has 6 nitrogen and oxygen atoms in total. The van der Waals surface area contributed by atoms with E-state index >= 15 is 0 Å². The second-order valence-corrected chi connectivity index (χ2v) is 6.50. The molecule has 144 valence electrons. The summed E-state index contributed by atoms with van der Waals surface area (Å²) in [4.78, 5) is 9.05. The van der Waals surface area contributed by atoms with Gasteiger partial charge in [0, 0.05) is 25.4 Å². The molecule has 2 N–H and O–H groups in total. The number of rotatable bonds is 7. The fourth-order valence-electron chi connectivity index (χ4n) is 2.42. The third kappa shape index (κ3) is 6.93. The van der Waals surface area contributed by atoms with Crippen molar-refractivity contribution in [3.05, 3.63) is 46.6 Å². The van der Waals surface area contributed by atoms with Crippen molar-refractivity contribution in [3.8, 4) is 0 Å². The van der Waals surface area contributed by atoms with Crippen LogP contribution in [0.3, 0.4) is 0 Å². The van der Waals surface area contributed by atoms with Gasteiger partial charge < -0.3 is 15.2 Å². The van der Waals surface area contributed by atoms with Crippen molar-refractivity contribution in [2.24, 2.45) is 4.99 Å². The molecule has 0 spiro atoms. The molecule has 0 saturated carbocycles. The van der Waals surface area contributed by atoms with Gasteiger partial charge >= 0.3 is 0 Å². The van der Waals surface area contributed by atoms with Crippen molar-refractivity contribution >= 4 is 29.9 Å². The van der Waals surface area contributed by atoms with Gasteiger partial charge in [-0.2, -0.15) is 4.98 Å². The average molecular weight is 471 g/mol. The van der Waals surface area contributed by atoms with Crippen LogP contribution in [0.1, 0.15) is 55.1 Å². The van der Waals surface area contributed by atoms with Crippen molar-refractivity contribution < 1.29 is 4.52 Å². The summed E-state index contributed by atoms with van der Waals surface area (Å²) >= 11 is 0. The predicted molar refractivity (Wildman–Crippen MR) is 116 cm³/mol. The molecular weight excluding hydrogens is 441 g/mol. The van der Waals surface area contributed by atoms with Gasteiger partial charge in [0.25, 0.3) is 0 Å². The summed E-state index contributed by atoms with van der Waals surface area (Å²) in [7, 11) is 0. The zero-order valence-corrected chi connectivity index (χ0v) is 18.6. The molecule has 0 unspecified atom stereocenters. The number of aliphatic imine (C=N–C) groups is 1. The van der Waals surface area contributed by atoms with Gasteiger partial charge in [0.05, 0.1) is 6.54 Å². The van der Waals surface area contributed by atoms with E-state index in [4.69, 9.17) is 4.52 Å². The topological polar surface area (TPSA) is 75.3 Å². The van der Waals surface area contributed by atoms with Crippen LogP contribution in [-0.4, -0.2) is 29.2 Å². The second-order valence-electron chi connectivity index (χ2n) is 6.50. The zero-order chi connectivity index (χ0) is 18.2. The Labute approximate surface area is 173 Å². The van der Waals surface area contributed by atoms with Gasteiger partial charge in [-0.15, -0.1) is 24.0 Å². The van der Waals surface area contributed by atoms with Crippen LogP contribution in [0, 0.1) is 13.8 Å². The summed E-state index contributed by atoms with van der Waals surface area (Å²) in [5, 5.41) is 10.6. The van der Waals surface area contributed by atoms with Crippen LogP contribution in [-0.2, 0) is 13.0 Å². The molecule has 0 radical (unpaired) electrons. The number of nitrogens with zero attached hydrogens (tertiary/aromatic N) is 3. The molecule has 0 fully saturated rings. The Kier molecular flexibility index (Phi) is 9.61. The van der Waals surface area contributed by atoms with E-state index in [9.17, 15) is 0 Å². The number of aryl methyl sites for hydroxylation is 2. The number of halogens is 1. The largest absolute Gasteiger partial charge is 0.357 e. The smallest absolute Gasteiger partial charge is 0.228 e. The van der Waals surface area contributed by atoms with Gasteiger partial charge in [-0.1, -0.05) is 42.8 Å². The van der Waals surface area contributed by atoms with Gasteiger partial charge in [-0.05, 0) is 31.9 Å². The molecule has 0 aliphatic rings. The minimum absolute atomic E-state index is 0. The van der Waals surface area contributed by atoms with E-state index in [1.54, 1.807) is 0 Å². The number of aromatic nitrogens is 2.